The van der Waals surface area contributed by atoms with E-state index in [4.69, 9.17) is 4.42 Å². The fourth-order valence-corrected chi connectivity index (χ4v) is 3.45. The molecule has 1 amide bonds. The first-order chi connectivity index (χ1) is 13.0. The molecule has 0 aliphatic rings. The minimum absolute atomic E-state index is 0.0820. The van der Waals surface area contributed by atoms with Gasteiger partial charge in [-0.1, -0.05) is 30.0 Å². The van der Waals surface area contributed by atoms with Gasteiger partial charge >= 0.3 is 0 Å². The average molecular weight is 382 g/mol. The zero-order chi connectivity index (χ0) is 19.4. The molecule has 3 rings (SSSR count). The number of aryl methyl sites for hydroxylation is 1. The van der Waals surface area contributed by atoms with Crippen molar-refractivity contribution in [2.45, 2.75) is 37.7 Å². The van der Waals surface area contributed by atoms with Crippen molar-refractivity contribution in [3.05, 3.63) is 60.4 Å². The number of rotatable bonds is 7. The molecule has 2 heterocycles. The lowest BCUT2D eigenvalue weighted by Gasteiger charge is -2.14. The van der Waals surface area contributed by atoms with Gasteiger partial charge in [0, 0.05) is 12.2 Å². The maximum atomic E-state index is 12.7. The molecule has 1 atom stereocenters. The molecule has 7 heteroatoms. The highest BCUT2D eigenvalue weighted by Gasteiger charge is 2.21. The standard InChI is InChI=1S/C20H22N4O2S/c1-5-11-24-18(17-10-7-12-26-17)22-23-20(24)27-15(4)19(25)21-16-9-6-8-13(2)14(16)3/h5-10,12,15H,1,11H2,2-4H3,(H,21,25). The van der Waals surface area contributed by atoms with Crippen LogP contribution in [0, 0.1) is 13.8 Å². The molecule has 0 saturated carbocycles. The van der Waals surface area contributed by atoms with Crippen LogP contribution in [0.5, 0.6) is 0 Å². The third-order valence-corrected chi connectivity index (χ3v) is 5.36. The lowest BCUT2D eigenvalue weighted by molar-refractivity contribution is -0.115. The minimum atomic E-state index is -0.345. The number of furan rings is 1. The maximum Gasteiger partial charge on any atom is 0.237 e. The Morgan fingerprint density at radius 1 is 1.33 bits per heavy atom. The number of benzene rings is 1. The van der Waals surface area contributed by atoms with Crippen LogP contribution in [0.15, 0.2) is 58.8 Å². The summed E-state index contributed by atoms with van der Waals surface area (Å²) in [5.41, 5.74) is 3.04. The topological polar surface area (TPSA) is 73.0 Å². The quantitative estimate of drug-likeness (QED) is 0.482. The SMILES string of the molecule is C=CCn1c(SC(C)C(=O)Nc2cccc(C)c2C)nnc1-c1ccco1. The second-order valence-corrected chi connectivity index (χ2v) is 7.49. The second-order valence-electron chi connectivity index (χ2n) is 6.18. The molecule has 1 unspecified atom stereocenters. The van der Waals surface area contributed by atoms with E-state index in [1.165, 1.54) is 11.8 Å². The number of allylic oxidation sites excluding steroid dienone is 1. The minimum Gasteiger partial charge on any atom is -0.461 e. The molecule has 0 radical (unpaired) electrons. The number of aromatic nitrogens is 3. The number of amides is 1. The van der Waals surface area contributed by atoms with E-state index in [9.17, 15) is 4.79 Å². The van der Waals surface area contributed by atoms with Crippen molar-refractivity contribution < 1.29 is 9.21 Å². The summed E-state index contributed by atoms with van der Waals surface area (Å²) < 4.78 is 7.32. The molecule has 0 bridgehead atoms. The van der Waals surface area contributed by atoms with Gasteiger partial charge in [-0.25, -0.2) is 0 Å². The fraction of sp³-hybridized carbons (Fsp3) is 0.250. The van der Waals surface area contributed by atoms with Crippen LogP contribution >= 0.6 is 11.8 Å². The Labute approximate surface area is 162 Å². The Kier molecular flexibility index (Phi) is 5.81. The van der Waals surface area contributed by atoms with Gasteiger partial charge in [-0.15, -0.1) is 16.8 Å². The Hall–Kier alpha value is -2.80. The van der Waals surface area contributed by atoms with Gasteiger partial charge in [0.05, 0.1) is 11.5 Å². The van der Waals surface area contributed by atoms with Crippen LogP contribution in [0.1, 0.15) is 18.1 Å². The summed E-state index contributed by atoms with van der Waals surface area (Å²) in [6, 6.07) is 9.50. The van der Waals surface area contributed by atoms with Crippen molar-refractivity contribution in [3.63, 3.8) is 0 Å². The van der Waals surface area contributed by atoms with E-state index < -0.39 is 0 Å². The maximum absolute atomic E-state index is 12.7. The zero-order valence-corrected chi connectivity index (χ0v) is 16.4. The van der Waals surface area contributed by atoms with Gasteiger partial charge in [0.15, 0.2) is 10.9 Å². The van der Waals surface area contributed by atoms with E-state index in [1.807, 2.05) is 49.6 Å². The summed E-state index contributed by atoms with van der Waals surface area (Å²) in [5, 5.41) is 11.8. The molecule has 3 aromatic rings. The van der Waals surface area contributed by atoms with Crippen molar-refractivity contribution in [1.29, 1.82) is 0 Å². The van der Waals surface area contributed by atoms with Crippen LogP contribution in [-0.2, 0) is 11.3 Å². The Balaban J connectivity index is 1.77. The van der Waals surface area contributed by atoms with E-state index in [-0.39, 0.29) is 11.2 Å². The van der Waals surface area contributed by atoms with Crippen LogP contribution < -0.4 is 5.32 Å². The highest BCUT2D eigenvalue weighted by Crippen LogP contribution is 2.28. The van der Waals surface area contributed by atoms with Crippen LogP contribution in [0.2, 0.25) is 0 Å². The molecule has 6 nitrogen and oxygen atoms in total. The fourth-order valence-electron chi connectivity index (χ4n) is 2.59. The number of nitrogens with zero attached hydrogens (tertiary/aromatic N) is 3. The first-order valence-corrected chi connectivity index (χ1v) is 9.51. The first kappa shape index (κ1) is 19.0. The Morgan fingerprint density at radius 2 is 2.15 bits per heavy atom. The summed E-state index contributed by atoms with van der Waals surface area (Å²) >= 11 is 1.35. The van der Waals surface area contributed by atoms with Crippen LogP contribution in [0.25, 0.3) is 11.6 Å². The van der Waals surface area contributed by atoms with Gasteiger partial charge in [0.25, 0.3) is 0 Å². The number of nitrogens with one attached hydrogen (secondary N) is 1. The highest BCUT2D eigenvalue weighted by atomic mass is 32.2. The molecular weight excluding hydrogens is 360 g/mol. The molecular formula is C20H22N4O2S. The van der Waals surface area contributed by atoms with Crippen molar-refractivity contribution in [2.24, 2.45) is 0 Å². The number of thioether (sulfide) groups is 1. The van der Waals surface area contributed by atoms with E-state index in [0.29, 0.717) is 23.3 Å². The normalized spacial score (nSPS) is 12.0. The number of anilines is 1. The summed E-state index contributed by atoms with van der Waals surface area (Å²) in [6.07, 6.45) is 3.36. The van der Waals surface area contributed by atoms with E-state index in [0.717, 1.165) is 16.8 Å². The molecule has 0 aliphatic carbocycles. The predicted molar refractivity (Wildman–Crippen MR) is 108 cm³/mol. The number of hydrogen-bond donors (Lipinski definition) is 1. The highest BCUT2D eigenvalue weighted by molar-refractivity contribution is 8.00. The van der Waals surface area contributed by atoms with Crippen molar-refractivity contribution in [3.8, 4) is 11.6 Å². The van der Waals surface area contributed by atoms with Crippen LogP contribution in [0.3, 0.4) is 0 Å². The number of hydrogen-bond acceptors (Lipinski definition) is 5. The second kappa shape index (κ2) is 8.26. The first-order valence-electron chi connectivity index (χ1n) is 8.63. The average Bonchev–Trinajstić information content (AvgIpc) is 3.30. The van der Waals surface area contributed by atoms with Crippen molar-refractivity contribution in [2.75, 3.05) is 5.32 Å². The third-order valence-electron chi connectivity index (χ3n) is 4.28. The molecule has 2 aromatic heterocycles. The van der Waals surface area contributed by atoms with Gasteiger partial charge < -0.3 is 9.73 Å². The van der Waals surface area contributed by atoms with Gasteiger partial charge in [-0.3, -0.25) is 9.36 Å². The zero-order valence-electron chi connectivity index (χ0n) is 15.6. The van der Waals surface area contributed by atoms with Crippen molar-refractivity contribution in [1.82, 2.24) is 14.8 Å². The molecule has 1 N–H and O–H groups in total. The van der Waals surface area contributed by atoms with Crippen molar-refractivity contribution >= 4 is 23.4 Å². The van der Waals surface area contributed by atoms with Gasteiger partial charge in [-0.2, -0.15) is 0 Å². The predicted octanol–water partition coefficient (Wildman–Crippen LogP) is 4.46. The largest absolute Gasteiger partial charge is 0.461 e. The molecule has 0 aliphatic heterocycles. The summed E-state index contributed by atoms with van der Waals surface area (Å²) in [5.74, 6) is 1.16. The summed E-state index contributed by atoms with van der Waals surface area (Å²) in [7, 11) is 0. The van der Waals surface area contributed by atoms with Crippen LogP contribution in [0.4, 0.5) is 5.69 Å². The van der Waals surface area contributed by atoms with E-state index >= 15 is 0 Å². The molecule has 140 valence electrons. The van der Waals surface area contributed by atoms with Gasteiger partial charge in [0.1, 0.15) is 0 Å². The van der Waals surface area contributed by atoms with E-state index in [1.54, 1.807) is 18.4 Å². The Morgan fingerprint density at radius 3 is 2.85 bits per heavy atom. The molecule has 27 heavy (non-hydrogen) atoms. The lowest BCUT2D eigenvalue weighted by Crippen LogP contribution is -2.23. The molecule has 1 aromatic carbocycles. The van der Waals surface area contributed by atoms with E-state index in [2.05, 4.69) is 22.1 Å². The Bertz CT molecular complexity index is 947. The van der Waals surface area contributed by atoms with Gasteiger partial charge in [-0.05, 0) is 50.1 Å². The summed E-state index contributed by atoms with van der Waals surface area (Å²) in [4.78, 5) is 12.7. The molecule has 0 fully saturated rings. The lowest BCUT2D eigenvalue weighted by atomic mass is 10.1. The monoisotopic (exact) mass is 382 g/mol. The van der Waals surface area contributed by atoms with Crippen LogP contribution in [-0.4, -0.2) is 25.9 Å². The van der Waals surface area contributed by atoms with Gasteiger partial charge in [0.2, 0.25) is 11.7 Å². The molecule has 0 spiro atoms. The number of carbonyl (C=O) groups excluding carboxylic acids is 1. The third kappa shape index (κ3) is 4.14. The summed E-state index contributed by atoms with van der Waals surface area (Å²) in [6.45, 7) is 10.2. The number of carbonyl (C=O) groups is 1. The molecule has 0 saturated heterocycles. The smallest absolute Gasteiger partial charge is 0.237 e.